The van der Waals surface area contributed by atoms with E-state index in [9.17, 15) is 9.59 Å². The van der Waals surface area contributed by atoms with Gasteiger partial charge in [-0.25, -0.2) is 9.59 Å². The van der Waals surface area contributed by atoms with Crippen LogP contribution >= 0.6 is 0 Å². The van der Waals surface area contributed by atoms with E-state index in [0.29, 0.717) is 12.0 Å². The molecule has 4 heteroatoms. The first-order valence-corrected chi connectivity index (χ1v) is 4.65. The Morgan fingerprint density at radius 2 is 1.88 bits per heavy atom. The van der Waals surface area contributed by atoms with Gasteiger partial charge >= 0.3 is 11.9 Å². The maximum Gasteiger partial charge on any atom is 0.335 e. The highest BCUT2D eigenvalue weighted by Crippen LogP contribution is 2.16. The highest BCUT2D eigenvalue weighted by atomic mass is 16.4. The Morgan fingerprint density at radius 3 is 2.31 bits per heavy atom. The summed E-state index contributed by atoms with van der Waals surface area (Å²) < 4.78 is 0. The first-order valence-electron chi connectivity index (χ1n) is 4.65. The standard InChI is InChI=1S/C12H12O4/c1-7(2)5-9-6-8(11(13)14)3-4-10(9)12(15)16/h3-4,6H,1,5H2,2H3,(H,13,14)(H,15,16). The van der Waals surface area contributed by atoms with Gasteiger partial charge in [0.05, 0.1) is 11.1 Å². The molecule has 0 radical (unpaired) electrons. The molecule has 0 aliphatic rings. The quantitative estimate of drug-likeness (QED) is 0.763. The molecular formula is C12H12O4. The maximum absolute atomic E-state index is 10.9. The second-order valence-electron chi connectivity index (χ2n) is 3.62. The summed E-state index contributed by atoms with van der Waals surface area (Å²) in [5.74, 6) is -2.13. The number of aromatic carboxylic acids is 2. The lowest BCUT2D eigenvalue weighted by Gasteiger charge is -2.07. The van der Waals surface area contributed by atoms with E-state index >= 15 is 0 Å². The highest BCUT2D eigenvalue weighted by molar-refractivity contribution is 5.93. The molecule has 0 aromatic heterocycles. The van der Waals surface area contributed by atoms with Crippen molar-refractivity contribution in [2.75, 3.05) is 0 Å². The zero-order valence-electron chi connectivity index (χ0n) is 8.86. The number of carboxylic acids is 2. The van der Waals surface area contributed by atoms with Crippen molar-refractivity contribution in [1.82, 2.24) is 0 Å². The van der Waals surface area contributed by atoms with Crippen LogP contribution in [0.25, 0.3) is 0 Å². The van der Waals surface area contributed by atoms with Gasteiger partial charge in [-0.2, -0.15) is 0 Å². The van der Waals surface area contributed by atoms with E-state index in [1.807, 2.05) is 0 Å². The predicted octanol–water partition coefficient (Wildman–Crippen LogP) is 2.20. The Labute approximate surface area is 92.8 Å². The minimum atomic E-state index is -1.07. The molecule has 2 N–H and O–H groups in total. The fraction of sp³-hybridized carbons (Fsp3) is 0.167. The van der Waals surface area contributed by atoms with E-state index in [1.54, 1.807) is 6.92 Å². The summed E-state index contributed by atoms with van der Waals surface area (Å²) >= 11 is 0. The number of hydrogen-bond acceptors (Lipinski definition) is 2. The summed E-state index contributed by atoms with van der Waals surface area (Å²) in [5, 5.41) is 17.7. The molecule has 0 saturated heterocycles. The molecule has 0 aliphatic carbocycles. The normalized spacial score (nSPS) is 9.81. The lowest BCUT2D eigenvalue weighted by molar-refractivity contribution is 0.0680. The summed E-state index contributed by atoms with van der Waals surface area (Å²) in [5.41, 5.74) is 1.46. The van der Waals surface area contributed by atoms with Gasteiger partial charge in [-0.1, -0.05) is 12.2 Å². The number of carboxylic acid groups (broad SMARTS) is 2. The number of hydrogen-bond donors (Lipinski definition) is 2. The molecule has 0 unspecified atom stereocenters. The van der Waals surface area contributed by atoms with Gasteiger partial charge in [-0.15, -0.1) is 0 Å². The molecular weight excluding hydrogens is 208 g/mol. The summed E-state index contributed by atoms with van der Waals surface area (Å²) in [6, 6.07) is 3.97. The van der Waals surface area contributed by atoms with E-state index < -0.39 is 11.9 Å². The summed E-state index contributed by atoms with van der Waals surface area (Å²) in [6.07, 6.45) is 0.364. The average molecular weight is 220 g/mol. The van der Waals surface area contributed by atoms with Gasteiger partial charge in [0.2, 0.25) is 0 Å². The van der Waals surface area contributed by atoms with Crippen LogP contribution in [0.3, 0.4) is 0 Å². The summed E-state index contributed by atoms with van der Waals surface area (Å²) in [6.45, 7) is 5.45. The second-order valence-corrected chi connectivity index (χ2v) is 3.62. The smallest absolute Gasteiger partial charge is 0.335 e. The van der Waals surface area contributed by atoms with Gasteiger partial charge in [0, 0.05) is 0 Å². The fourth-order valence-corrected chi connectivity index (χ4v) is 1.41. The van der Waals surface area contributed by atoms with Crippen LogP contribution in [0.2, 0.25) is 0 Å². The van der Waals surface area contributed by atoms with E-state index in [1.165, 1.54) is 18.2 Å². The van der Waals surface area contributed by atoms with E-state index in [0.717, 1.165) is 5.57 Å². The first kappa shape index (κ1) is 12.0. The number of carbonyl (C=O) groups is 2. The van der Waals surface area contributed by atoms with Crippen molar-refractivity contribution >= 4 is 11.9 Å². The average Bonchev–Trinajstić information content (AvgIpc) is 2.15. The Hall–Kier alpha value is -2.10. The monoisotopic (exact) mass is 220 g/mol. The highest BCUT2D eigenvalue weighted by Gasteiger charge is 2.13. The second kappa shape index (κ2) is 4.61. The molecule has 0 saturated carbocycles. The van der Waals surface area contributed by atoms with Crippen LogP contribution in [0.4, 0.5) is 0 Å². The molecule has 0 amide bonds. The summed E-state index contributed by atoms with van der Waals surface area (Å²) in [7, 11) is 0. The van der Waals surface area contributed by atoms with Gasteiger partial charge in [-0.3, -0.25) is 0 Å². The Morgan fingerprint density at radius 1 is 1.25 bits per heavy atom. The zero-order valence-corrected chi connectivity index (χ0v) is 8.86. The zero-order chi connectivity index (χ0) is 12.3. The van der Waals surface area contributed by atoms with Crippen molar-refractivity contribution in [3.63, 3.8) is 0 Å². The lowest BCUT2D eigenvalue weighted by Crippen LogP contribution is -2.06. The van der Waals surface area contributed by atoms with E-state index in [-0.39, 0.29) is 11.1 Å². The maximum atomic E-state index is 10.9. The molecule has 0 heterocycles. The molecule has 0 bridgehead atoms. The van der Waals surface area contributed by atoms with Crippen LogP contribution < -0.4 is 0 Å². The number of allylic oxidation sites excluding steroid dienone is 1. The Kier molecular flexibility index (Phi) is 3.45. The van der Waals surface area contributed by atoms with E-state index in [2.05, 4.69) is 6.58 Å². The van der Waals surface area contributed by atoms with Crippen molar-refractivity contribution in [2.24, 2.45) is 0 Å². The molecule has 1 rings (SSSR count). The van der Waals surface area contributed by atoms with Gasteiger partial charge in [-0.05, 0) is 37.1 Å². The molecule has 1 aromatic carbocycles. The third kappa shape index (κ3) is 2.70. The predicted molar refractivity (Wildman–Crippen MR) is 58.9 cm³/mol. The SMILES string of the molecule is C=C(C)Cc1cc(C(=O)O)ccc1C(=O)O. The third-order valence-electron chi connectivity index (χ3n) is 2.07. The minimum Gasteiger partial charge on any atom is -0.478 e. The van der Waals surface area contributed by atoms with Gasteiger partial charge in [0.25, 0.3) is 0 Å². The van der Waals surface area contributed by atoms with Gasteiger partial charge < -0.3 is 10.2 Å². The molecule has 4 nitrogen and oxygen atoms in total. The van der Waals surface area contributed by atoms with Gasteiger partial charge in [0.1, 0.15) is 0 Å². The molecule has 0 atom stereocenters. The Bertz CT molecular complexity index is 460. The minimum absolute atomic E-state index is 0.0845. The van der Waals surface area contributed by atoms with Crippen LogP contribution in [-0.2, 0) is 6.42 Å². The lowest BCUT2D eigenvalue weighted by atomic mass is 9.98. The molecule has 0 spiro atoms. The van der Waals surface area contributed by atoms with Crippen LogP contribution in [0.1, 0.15) is 33.2 Å². The van der Waals surface area contributed by atoms with E-state index in [4.69, 9.17) is 10.2 Å². The molecule has 0 aliphatic heterocycles. The topological polar surface area (TPSA) is 74.6 Å². The first-order chi connectivity index (χ1) is 7.41. The van der Waals surface area contributed by atoms with Crippen LogP contribution in [-0.4, -0.2) is 22.2 Å². The largest absolute Gasteiger partial charge is 0.478 e. The van der Waals surface area contributed by atoms with Crippen molar-refractivity contribution in [3.05, 3.63) is 47.0 Å². The van der Waals surface area contributed by atoms with Crippen LogP contribution in [0, 0.1) is 0 Å². The fourth-order valence-electron chi connectivity index (χ4n) is 1.41. The number of benzene rings is 1. The molecule has 0 fully saturated rings. The number of rotatable bonds is 4. The summed E-state index contributed by atoms with van der Waals surface area (Å²) in [4.78, 5) is 21.7. The molecule has 16 heavy (non-hydrogen) atoms. The molecule has 84 valence electrons. The van der Waals surface area contributed by atoms with Crippen molar-refractivity contribution in [3.8, 4) is 0 Å². The molecule has 1 aromatic rings. The van der Waals surface area contributed by atoms with Crippen molar-refractivity contribution in [1.29, 1.82) is 0 Å². The van der Waals surface area contributed by atoms with Gasteiger partial charge in [0.15, 0.2) is 0 Å². The van der Waals surface area contributed by atoms with Crippen LogP contribution in [0.5, 0.6) is 0 Å². The third-order valence-corrected chi connectivity index (χ3v) is 2.07. The van der Waals surface area contributed by atoms with Crippen LogP contribution in [0.15, 0.2) is 30.4 Å². The van der Waals surface area contributed by atoms with Crippen molar-refractivity contribution < 1.29 is 19.8 Å². The van der Waals surface area contributed by atoms with Crippen molar-refractivity contribution in [2.45, 2.75) is 13.3 Å². The Balaban J connectivity index is 3.26.